The van der Waals surface area contributed by atoms with Crippen LogP contribution < -0.4 is 4.18 Å². The van der Waals surface area contributed by atoms with Gasteiger partial charge in [-0.3, -0.25) is 4.79 Å². The highest BCUT2D eigenvalue weighted by Crippen LogP contribution is 2.15. The van der Waals surface area contributed by atoms with Crippen LogP contribution in [-0.2, 0) is 10.5 Å². The molecule has 0 heterocycles. The first-order valence-electron chi connectivity index (χ1n) is 3.80. The standard InChI is InChI=1S/C8H7FO5S/c9-15(12,13)14-7-3-1-6(2-4-7)8(11)5-10/h1-4,10H,5H2. The Bertz CT molecular complexity index is 450. The number of Topliss-reactive ketones (excluding diaryl/α,β-unsaturated/α-hetero) is 1. The molecule has 0 amide bonds. The van der Waals surface area contributed by atoms with Gasteiger partial charge in [0.15, 0.2) is 5.78 Å². The normalized spacial score (nSPS) is 11.1. The lowest BCUT2D eigenvalue weighted by molar-refractivity contribution is 0.0904. The molecular weight excluding hydrogens is 227 g/mol. The van der Waals surface area contributed by atoms with Crippen LogP contribution in [0.15, 0.2) is 24.3 Å². The monoisotopic (exact) mass is 234 g/mol. The van der Waals surface area contributed by atoms with Crippen LogP contribution in [0.2, 0.25) is 0 Å². The van der Waals surface area contributed by atoms with Crippen LogP contribution in [0.5, 0.6) is 5.75 Å². The van der Waals surface area contributed by atoms with E-state index in [0.29, 0.717) is 0 Å². The maximum atomic E-state index is 12.0. The van der Waals surface area contributed by atoms with Crippen molar-refractivity contribution in [3.63, 3.8) is 0 Å². The predicted molar refractivity (Wildman–Crippen MR) is 48.5 cm³/mol. The van der Waals surface area contributed by atoms with Crippen LogP contribution in [0.1, 0.15) is 10.4 Å². The van der Waals surface area contributed by atoms with Crippen LogP contribution in [0.3, 0.4) is 0 Å². The minimum absolute atomic E-state index is 0.182. The Balaban J connectivity index is 2.86. The third-order valence-electron chi connectivity index (χ3n) is 1.52. The molecule has 0 aliphatic carbocycles. The van der Waals surface area contributed by atoms with E-state index in [0.717, 1.165) is 12.1 Å². The highest BCUT2D eigenvalue weighted by Gasteiger charge is 2.10. The van der Waals surface area contributed by atoms with Crippen molar-refractivity contribution in [2.75, 3.05) is 6.61 Å². The Morgan fingerprint density at radius 3 is 2.27 bits per heavy atom. The molecule has 15 heavy (non-hydrogen) atoms. The van der Waals surface area contributed by atoms with Crippen molar-refractivity contribution >= 4 is 16.3 Å². The zero-order chi connectivity index (χ0) is 11.5. The fourth-order valence-electron chi connectivity index (χ4n) is 0.903. The lowest BCUT2D eigenvalue weighted by Crippen LogP contribution is -2.05. The summed E-state index contributed by atoms with van der Waals surface area (Å²) in [5.74, 6) is -0.767. The lowest BCUT2D eigenvalue weighted by Gasteiger charge is -2.00. The van der Waals surface area contributed by atoms with E-state index < -0.39 is 22.9 Å². The fourth-order valence-corrected chi connectivity index (χ4v) is 1.24. The Morgan fingerprint density at radius 1 is 1.33 bits per heavy atom. The summed E-state index contributed by atoms with van der Waals surface area (Å²) in [5, 5.41) is 8.51. The second kappa shape index (κ2) is 4.37. The first kappa shape index (κ1) is 11.6. The van der Waals surface area contributed by atoms with Gasteiger partial charge in [0.05, 0.1) is 0 Å². The molecule has 0 aliphatic rings. The van der Waals surface area contributed by atoms with E-state index in [1.807, 2.05) is 0 Å². The van der Waals surface area contributed by atoms with Crippen LogP contribution in [0, 0.1) is 0 Å². The first-order valence-corrected chi connectivity index (χ1v) is 5.11. The van der Waals surface area contributed by atoms with Crippen LogP contribution >= 0.6 is 0 Å². The van der Waals surface area contributed by atoms with E-state index in [1.165, 1.54) is 12.1 Å². The Morgan fingerprint density at radius 2 is 1.87 bits per heavy atom. The maximum Gasteiger partial charge on any atom is 0.488 e. The van der Waals surface area contributed by atoms with Gasteiger partial charge in [-0.15, -0.1) is 0 Å². The van der Waals surface area contributed by atoms with Gasteiger partial charge in [0, 0.05) is 5.56 Å². The Labute approximate surface area is 85.5 Å². The molecule has 0 saturated carbocycles. The summed E-state index contributed by atoms with van der Waals surface area (Å²) < 4.78 is 36.1. The molecule has 0 fully saturated rings. The molecule has 0 atom stereocenters. The SMILES string of the molecule is O=C(CO)c1ccc(OS(=O)(=O)F)cc1. The molecule has 1 aromatic carbocycles. The third kappa shape index (κ3) is 3.64. The van der Waals surface area contributed by atoms with Gasteiger partial charge in [0.2, 0.25) is 0 Å². The summed E-state index contributed by atoms with van der Waals surface area (Å²) in [5.41, 5.74) is 0.182. The number of carbonyl (C=O) groups excluding carboxylic acids is 1. The highest BCUT2D eigenvalue weighted by molar-refractivity contribution is 7.81. The average Bonchev–Trinajstić information content (AvgIpc) is 2.15. The number of benzene rings is 1. The number of hydrogen-bond acceptors (Lipinski definition) is 5. The molecule has 0 aromatic heterocycles. The highest BCUT2D eigenvalue weighted by atomic mass is 32.3. The number of carbonyl (C=O) groups is 1. The average molecular weight is 234 g/mol. The molecule has 1 N–H and O–H groups in total. The Hall–Kier alpha value is -1.47. The minimum atomic E-state index is -5.05. The molecule has 1 rings (SSSR count). The van der Waals surface area contributed by atoms with Gasteiger partial charge in [0.1, 0.15) is 12.4 Å². The number of aliphatic hydroxyl groups excluding tert-OH is 1. The summed E-state index contributed by atoms with van der Waals surface area (Å²) in [4.78, 5) is 10.9. The van der Waals surface area contributed by atoms with Crippen LogP contribution in [-0.4, -0.2) is 25.9 Å². The van der Waals surface area contributed by atoms with Crippen molar-refractivity contribution < 1.29 is 26.4 Å². The number of rotatable bonds is 4. The molecule has 5 nitrogen and oxygen atoms in total. The molecular formula is C8H7FO5S. The van der Waals surface area contributed by atoms with E-state index in [-0.39, 0.29) is 11.3 Å². The molecule has 0 radical (unpaired) electrons. The molecule has 0 unspecified atom stereocenters. The number of hydrogen-bond donors (Lipinski definition) is 1. The van der Waals surface area contributed by atoms with Crippen molar-refractivity contribution in [2.24, 2.45) is 0 Å². The second-order valence-electron chi connectivity index (χ2n) is 2.58. The van der Waals surface area contributed by atoms with E-state index >= 15 is 0 Å². The van der Waals surface area contributed by atoms with E-state index in [2.05, 4.69) is 4.18 Å². The summed E-state index contributed by atoms with van der Waals surface area (Å²) in [7, 11) is -5.05. The number of halogens is 1. The molecule has 7 heteroatoms. The molecule has 0 aliphatic heterocycles. The number of aliphatic hydroxyl groups is 1. The molecule has 82 valence electrons. The second-order valence-corrected chi connectivity index (χ2v) is 3.53. The summed E-state index contributed by atoms with van der Waals surface area (Å²) in [6.45, 7) is -0.651. The van der Waals surface area contributed by atoms with Crippen LogP contribution in [0.25, 0.3) is 0 Å². The molecule has 0 spiro atoms. The van der Waals surface area contributed by atoms with Gasteiger partial charge in [-0.2, -0.15) is 8.42 Å². The van der Waals surface area contributed by atoms with Gasteiger partial charge in [-0.1, -0.05) is 3.89 Å². The van der Waals surface area contributed by atoms with Crippen molar-refractivity contribution in [1.82, 2.24) is 0 Å². The third-order valence-corrected chi connectivity index (χ3v) is 1.91. The van der Waals surface area contributed by atoms with Crippen molar-refractivity contribution in [3.05, 3.63) is 29.8 Å². The maximum absolute atomic E-state index is 12.0. The van der Waals surface area contributed by atoms with E-state index in [1.54, 1.807) is 0 Å². The van der Waals surface area contributed by atoms with Gasteiger partial charge < -0.3 is 9.29 Å². The zero-order valence-corrected chi connectivity index (χ0v) is 8.20. The molecule has 0 bridgehead atoms. The van der Waals surface area contributed by atoms with Gasteiger partial charge >= 0.3 is 10.5 Å². The smallest absolute Gasteiger partial charge is 0.388 e. The van der Waals surface area contributed by atoms with Gasteiger partial charge in [-0.05, 0) is 24.3 Å². The Kier molecular flexibility index (Phi) is 3.38. The van der Waals surface area contributed by atoms with E-state index in [9.17, 15) is 17.1 Å². The summed E-state index contributed by atoms with van der Waals surface area (Å²) in [6.07, 6.45) is 0. The van der Waals surface area contributed by atoms with Crippen molar-refractivity contribution in [3.8, 4) is 5.75 Å². The molecule has 1 aromatic rings. The minimum Gasteiger partial charge on any atom is -0.388 e. The van der Waals surface area contributed by atoms with E-state index in [4.69, 9.17) is 5.11 Å². The van der Waals surface area contributed by atoms with Crippen LogP contribution in [0.4, 0.5) is 3.89 Å². The predicted octanol–water partition coefficient (Wildman–Crippen LogP) is 0.455. The van der Waals surface area contributed by atoms with Crippen molar-refractivity contribution in [1.29, 1.82) is 0 Å². The van der Waals surface area contributed by atoms with Crippen molar-refractivity contribution in [2.45, 2.75) is 0 Å². The molecule has 0 saturated heterocycles. The zero-order valence-electron chi connectivity index (χ0n) is 7.38. The summed E-state index contributed by atoms with van der Waals surface area (Å²) in [6, 6.07) is 4.66. The quantitative estimate of drug-likeness (QED) is 0.604. The lowest BCUT2D eigenvalue weighted by atomic mass is 10.1. The number of ketones is 1. The first-order chi connectivity index (χ1) is 6.92. The fraction of sp³-hybridized carbons (Fsp3) is 0.125. The summed E-state index contributed by atoms with van der Waals surface area (Å²) >= 11 is 0. The topological polar surface area (TPSA) is 80.7 Å². The van der Waals surface area contributed by atoms with Gasteiger partial charge in [-0.25, -0.2) is 0 Å². The largest absolute Gasteiger partial charge is 0.488 e. The van der Waals surface area contributed by atoms with Gasteiger partial charge in [0.25, 0.3) is 0 Å².